The van der Waals surface area contributed by atoms with Crippen LogP contribution in [-0.4, -0.2) is 22.4 Å². The Kier molecular flexibility index (Phi) is 5.14. The normalized spacial score (nSPS) is 10.3. The number of hydrogen-bond donors (Lipinski definition) is 0. The summed E-state index contributed by atoms with van der Waals surface area (Å²) >= 11 is 0. The van der Waals surface area contributed by atoms with Crippen LogP contribution in [0.2, 0.25) is 0 Å². The molecule has 3 rings (SSSR count). The summed E-state index contributed by atoms with van der Waals surface area (Å²) in [6, 6.07) is 17.7. The first-order valence-electron chi connectivity index (χ1n) is 8.31. The van der Waals surface area contributed by atoms with Gasteiger partial charge in [-0.1, -0.05) is 42.5 Å². The van der Waals surface area contributed by atoms with Gasteiger partial charge in [0.2, 0.25) is 0 Å². The van der Waals surface area contributed by atoms with E-state index in [4.69, 9.17) is 10.00 Å². The fourth-order valence-corrected chi connectivity index (χ4v) is 2.70. The molecule has 0 bridgehead atoms. The number of carbonyl (C=O) groups is 1. The van der Waals surface area contributed by atoms with Crippen LogP contribution in [0.1, 0.15) is 27.0 Å². The molecule has 0 atom stereocenters. The summed E-state index contributed by atoms with van der Waals surface area (Å²) in [6.07, 6.45) is 1.68. The van der Waals surface area contributed by atoms with Crippen LogP contribution in [0.4, 0.5) is 0 Å². The number of ether oxygens (including phenoxy) is 1. The molecule has 1 heterocycles. The molecular weight excluding hydrogens is 326 g/mol. The maximum absolute atomic E-state index is 12.4. The Labute approximate surface area is 152 Å². The number of benzene rings is 2. The summed E-state index contributed by atoms with van der Waals surface area (Å²) in [6.45, 7) is 4.32. The number of nitrogens with zero attached hydrogens (tertiary/aromatic N) is 3. The zero-order chi connectivity index (χ0) is 18.5. The van der Waals surface area contributed by atoms with Gasteiger partial charge in [0, 0.05) is 11.8 Å². The van der Waals surface area contributed by atoms with Gasteiger partial charge in [0.1, 0.15) is 17.3 Å². The van der Waals surface area contributed by atoms with Crippen molar-refractivity contribution in [3.8, 4) is 17.3 Å². The maximum atomic E-state index is 12.4. The Balaban J connectivity index is 2.01. The van der Waals surface area contributed by atoms with Gasteiger partial charge >= 0.3 is 5.97 Å². The molecule has 0 N–H and O–H groups in total. The van der Waals surface area contributed by atoms with Crippen LogP contribution in [-0.2, 0) is 11.3 Å². The molecule has 0 saturated carbocycles. The summed E-state index contributed by atoms with van der Waals surface area (Å²) in [5.74, 6) is -0.543. The number of carbonyl (C=O) groups excluding carboxylic acids is 1. The topological polar surface area (TPSA) is 67.9 Å². The van der Waals surface area contributed by atoms with Gasteiger partial charge in [0.05, 0.1) is 6.54 Å². The Morgan fingerprint density at radius 1 is 1.15 bits per heavy atom. The monoisotopic (exact) mass is 345 g/mol. The van der Waals surface area contributed by atoms with Gasteiger partial charge in [0.25, 0.3) is 0 Å². The summed E-state index contributed by atoms with van der Waals surface area (Å²) in [5, 5.41) is 13.3. The SMILES string of the molecule is Cc1ccc(-c2nn(Cc3ccccc3)cc2C(=O)OCC#N)cc1C. The number of esters is 1. The zero-order valence-corrected chi connectivity index (χ0v) is 14.8. The van der Waals surface area contributed by atoms with Crippen LogP contribution >= 0.6 is 0 Å². The third kappa shape index (κ3) is 3.81. The van der Waals surface area contributed by atoms with Crippen molar-refractivity contribution in [2.45, 2.75) is 20.4 Å². The molecular formula is C21H19N3O2. The van der Waals surface area contributed by atoms with Gasteiger partial charge in [-0.2, -0.15) is 10.4 Å². The van der Waals surface area contributed by atoms with Crippen molar-refractivity contribution < 1.29 is 9.53 Å². The van der Waals surface area contributed by atoms with E-state index in [1.54, 1.807) is 10.9 Å². The van der Waals surface area contributed by atoms with Crippen LogP contribution in [0, 0.1) is 25.2 Å². The summed E-state index contributed by atoms with van der Waals surface area (Å²) in [5.41, 5.74) is 5.15. The van der Waals surface area contributed by atoms with E-state index < -0.39 is 5.97 Å². The molecule has 0 unspecified atom stereocenters. The van der Waals surface area contributed by atoms with Gasteiger partial charge in [0.15, 0.2) is 6.61 Å². The van der Waals surface area contributed by atoms with Crippen molar-refractivity contribution in [3.63, 3.8) is 0 Å². The lowest BCUT2D eigenvalue weighted by atomic mass is 10.0. The molecule has 5 heteroatoms. The maximum Gasteiger partial charge on any atom is 0.343 e. The van der Waals surface area contributed by atoms with Gasteiger partial charge < -0.3 is 4.74 Å². The molecule has 3 aromatic rings. The molecule has 0 aliphatic heterocycles. The molecule has 0 fully saturated rings. The fraction of sp³-hybridized carbons (Fsp3) is 0.190. The lowest BCUT2D eigenvalue weighted by Gasteiger charge is -2.05. The molecule has 5 nitrogen and oxygen atoms in total. The number of aryl methyl sites for hydroxylation is 2. The van der Waals surface area contributed by atoms with Crippen LogP contribution in [0.5, 0.6) is 0 Å². The highest BCUT2D eigenvalue weighted by Gasteiger charge is 2.19. The predicted octanol–water partition coefficient (Wildman–Crippen LogP) is 3.90. The highest BCUT2D eigenvalue weighted by Crippen LogP contribution is 2.25. The third-order valence-corrected chi connectivity index (χ3v) is 4.22. The molecule has 1 aromatic heterocycles. The third-order valence-electron chi connectivity index (χ3n) is 4.22. The predicted molar refractivity (Wildman–Crippen MR) is 98.6 cm³/mol. The van der Waals surface area contributed by atoms with E-state index in [1.165, 1.54) is 5.56 Å². The molecule has 0 amide bonds. The molecule has 0 spiro atoms. The zero-order valence-electron chi connectivity index (χ0n) is 14.8. The van der Waals surface area contributed by atoms with E-state index >= 15 is 0 Å². The van der Waals surface area contributed by atoms with Crippen LogP contribution in [0.15, 0.2) is 54.7 Å². The van der Waals surface area contributed by atoms with Gasteiger partial charge in [-0.3, -0.25) is 4.68 Å². The van der Waals surface area contributed by atoms with Gasteiger partial charge in [-0.25, -0.2) is 4.79 Å². The first kappa shape index (κ1) is 17.4. The van der Waals surface area contributed by atoms with Crippen molar-refractivity contribution >= 4 is 5.97 Å². The molecule has 0 aliphatic rings. The number of rotatable bonds is 5. The Hall–Kier alpha value is -3.39. The van der Waals surface area contributed by atoms with E-state index in [9.17, 15) is 4.79 Å². The quantitative estimate of drug-likeness (QED) is 0.658. The summed E-state index contributed by atoms with van der Waals surface area (Å²) in [7, 11) is 0. The van der Waals surface area contributed by atoms with Crippen molar-refractivity contribution in [2.75, 3.05) is 6.61 Å². The average molecular weight is 345 g/mol. The van der Waals surface area contributed by atoms with Crippen molar-refractivity contribution in [3.05, 3.63) is 77.0 Å². The van der Waals surface area contributed by atoms with E-state index in [-0.39, 0.29) is 6.61 Å². The van der Waals surface area contributed by atoms with E-state index in [0.717, 1.165) is 16.7 Å². The Morgan fingerprint density at radius 3 is 2.62 bits per heavy atom. The van der Waals surface area contributed by atoms with E-state index in [1.807, 2.05) is 68.4 Å². The van der Waals surface area contributed by atoms with Crippen molar-refractivity contribution in [1.82, 2.24) is 9.78 Å². The largest absolute Gasteiger partial charge is 0.447 e. The molecule has 0 aliphatic carbocycles. The second-order valence-electron chi connectivity index (χ2n) is 6.11. The smallest absolute Gasteiger partial charge is 0.343 e. The highest BCUT2D eigenvalue weighted by atomic mass is 16.5. The second kappa shape index (κ2) is 7.66. The second-order valence-corrected chi connectivity index (χ2v) is 6.11. The van der Waals surface area contributed by atoms with Crippen LogP contribution in [0.3, 0.4) is 0 Å². The van der Waals surface area contributed by atoms with Gasteiger partial charge in [-0.05, 0) is 36.6 Å². The van der Waals surface area contributed by atoms with Crippen LogP contribution in [0.25, 0.3) is 11.3 Å². The lowest BCUT2D eigenvalue weighted by molar-refractivity contribution is 0.0555. The molecule has 130 valence electrons. The minimum atomic E-state index is -0.543. The molecule has 0 radical (unpaired) electrons. The van der Waals surface area contributed by atoms with Crippen molar-refractivity contribution in [2.24, 2.45) is 0 Å². The standard InChI is InChI=1S/C21H19N3O2/c1-15-8-9-18(12-16(15)2)20-19(21(25)26-11-10-22)14-24(23-20)13-17-6-4-3-5-7-17/h3-9,12,14H,11,13H2,1-2H3. The lowest BCUT2D eigenvalue weighted by Crippen LogP contribution is -2.06. The van der Waals surface area contributed by atoms with E-state index in [2.05, 4.69) is 5.10 Å². The number of hydrogen-bond acceptors (Lipinski definition) is 4. The number of aromatic nitrogens is 2. The first-order chi connectivity index (χ1) is 12.6. The average Bonchev–Trinajstić information content (AvgIpc) is 3.06. The summed E-state index contributed by atoms with van der Waals surface area (Å²) in [4.78, 5) is 12.4. The van der Waals surface area contributed by atoms with Crippen LogP contribution < -0.4 is 0 Å². The Bertz CT molecular complexity index is 969. The minimum absolute atomic E-state index is 0.283. The molecule has 2 aromatic carbocycles. The first-order valence-corrected chi connectivity index (χ1v) is 8.31. The molecule has 26 heavy (non-hydrogen) atoms. The van der Waals surface area contributed by atoms with Crippen molar-refractivity contribution in [1.29, 1.82) is 5.26 Å². The van der Waals surface area contributed by atoms with Gasteiger partial charge in [-0.15, -0.1) is 0 Å². The molecule has 0 saturated heterocycles. The summed E-state index contributed by atoms with van der Waals surface area (Å²) < 4.78 is 6.73. The minimum Gasteiger partial charge on any atom is -0.447 e. The van der Waals surface area contributed by atoms with E-state index in [0.29, 0.717) is 17.8 Å². The highest BCUT2D eigenvalue weighted by molar-refractivity contribution is 5.96. The Morgan fingerprint density at radius 2 is 1.92 bits per heavy atom. The number of nitriles is 1. The fourth-order valence-electron chi connectivity index (χ4n) is 2.70.